The molecule has 3 atom stereocenters. The highest BCUT2D eigenvalue weighted by Gasteiger charge is 2.49. The van der Waals surface area contributed by atoms with Crippen molar-refractivity contribution >= 4 is 0 Å². The summed E-state index contributed by atoms with van der Waals surface area (Å²) in [6.45, 7) is 0.879. The molecule has 86 valence electrons. The first-order valence-corrected chi connectivity index (χ1v) is 6.30. The van der Waals surface area contributed by atoms with Crippen LogP contribution in [0.4, 0.5) is 0 Å². The molecule has 2 N–H and O–H groups in total. The molecule has 0 saturated carbocycles. The van der Waals surface area contributed by atoms with Gasteiger partial charge in [-0.1, -0.05) is 0 Å². The van der Waals surface area contributed by atoms with Gasteiger partial charge in [-0.3, -0.25) is 0 Å². The number of fused-ring (bicyclic) bond motifs is 2. The summed E-state index contributed by atoms with van der Waals surface area (Å²) >= 11 is 0. The van der Waals surface area contributed by atoms with Gasteiger partial charge in [0.15, 0.2) is 0 Å². The maximum atomic E-state index is 6.10. The molecular weight excluding hydrogens is 188 g/mol. The van der Waals surface area contributed by atoms with Crippen molar-refractivity contribution in [3.63, 3.8) is 0 Å². The normalized spacial score (nSPS) is 51.2. The van der Waals surface area contributed by atoms with Crippen LogP contribution in [0, 0.1) is 0 Å². The lowest BCUT2D eigenvalue weighted by molar-refractivity contribution is -0.129. The third-order valence-electron chi connectivity index (χ3n) is 4.73. The Morgan fingerprint density at radius 3 is 2.40 bits per heavy atom. The van der Waals surface area contributed by atoms with Crippen molar-refractivity contribution in [2.45, 2.75) is 62.3 Å². The molecule has 0 aromatic heterocycles. The summed E-state index contributed by atoms with van der Waals surface area (Å²) in [6.07, 6.45) is 7.30. The molecule has 3 heterocycles. The lowest BCUT2D eigenvalue weighted by Crippen LogP contribution is -2.55. The van der Waals surface area contributed by atoms with Crippen LogP contribution >= 0.6 is 0 Å². The highest BCUT2D eigenvalue weighted by atomic mass is 16.5. The molecule has 0 aromatic carbocycles. The van der Waals surface area contributed by atoms with Gasteiger partial charge in [0, 0.05) is 24.7 Å². The lowest BCUT2D eigenvalue weighted by Gasteiger charge is -2.48. The zero-order chi connectivity index (χ0) is 10.5. The zero-order valence-corrected chi connectivity index (χ0v) is 9.61. The molecule has 0 radical (unpaired) electrons. The van der Waals surface area contributed by atoms with E-state index in [9.17, 15) is 0 Å². The van der Waals surface area contributed by atoms with Gasteiger partial charge in [0.05, 0.1) is 5.60 Å². The highest BCUT2D eigenvalue weighted by Crippen LogP contribution is 2.45. The Morgan fingerprint density at radius 1 is 1.13 bits per heavy atom. The molecule has 3 nitrogen and oxygen atoms in total. The van der Waals surface area contributed by atoms with E-state index in [2.05, 4.69) is 11.9 Å². The second-order valence-corrected chi connectivity index (χ2v) is 5.74. The van der Waals surface area contributed by atoms with Crippen LogP contribution in [0.5, 0.6) is 0 Å². The first-order chi connectivity index (χ1) is 7.19. The van der Waals surface area contributed by atoms with Crippen molar-refractivity contribution in [2.75, 3.05) is 13.7 Å². The van der Waals surface area contributed by atoms with Crippen molar-refractivity contribution in [3.8, 4) is 0 Å². The van der Waals surface area contributed by atoms with E-state index in [4.69, 9.17) is 10.5 Å². The lowest BCUT2D eigenvalue weighted by atomic mass is 9.79. The van der Waals surface area contributed by atoms with Gasteiger partial charge in [-0.25, -0.2) is 0 Å². The van der Waals surface area contributed by atoms with Crippen molar-refractivity contribution in [1.82, 2.24) is 4.90 Å². The molecule has 2 bridgehead atoms. The minimum atomic E-state index is 0.149. The van der Waals surface area contributed by atoms with Crippen LogP contribution in [0.3, 0.4) is 0 Å². The number of piperidine rings is 1. The van der Waals surface area contributed by atoms with E-state index < -0.39 is 0 Å². The van der Waals surface area contributed by atoms with Crippen LogP contribution < -0.4 is 5.73 Å². The largest absolute Gasteiger partial charge is 0.375 e. The van der Waals surface area contributed by atoms with Crippen molar-refractivity contribution in [3.05, 3.63) is 0 Å². The van der Waals surface area contributed by atoms with Crippen molar-refractivity contribution in [2.24, 2.45) is 5.73 Å². The number of hydrogen-bond donors (Lipinski definition) is 1. The summed E-state index contributed by atoms with van der Waals surface area (Å²) in [5, 5.41) is 0. The van der Waals surface area contributed by atoms with Crippen LogP contribution in [-0.2, 0) is 4.74 Å². The number of ether oxygens (including phenoxy) is 1. The summed E-state index contributed by atoms with van der Waals surface area (Å²) in [5.41, 5.74) is 6.24. The van der Waals surface area contributed by atoms with E-state index in [0.29, 0.717) is 6.04 Å². The number of nitrogens with zero attached hydrogens (tertiary/aromatic N) is 1. The molecule has 1 spiro atoms. The average molecular weight is 210 g/mol. The van der Waals surface area contributed by atoms with E-state index >= 15 is 0 Å². The first kappa shape index (κ1) is 10.1. The topological polar surface area (TPSA) is 38.5 Å². The van der Waals surface area contributed by atoms with Gasteiger partial charge < -0.3 is 15.4 Å². The van der Waals surface area contributed by atoms with Crippen molar-refractivity contribution in [1.29, 1.82) is 0 Å². The fourth-order valence-corrected chi connectivity index (χ4v) is 3.87. The Hall–Kier alpha value is -0.120. The maximum absolute atomic E-state index is 6.10. The SMILES string of the molecule is CN1[C@H]2CC[C@H]1CC1(C[C@H](N)CCO1)C2. The Bertz CT molecular complexity index is 242. The quantitative estimate of drug-likeness (QED) is 0.651. The fraction of sp³-hybridized carbons (Fsp3) is 1.00. The van der Waals surface area contributed by atoms with E-state index in [-0.39, 0.29) is 5.60 Å². The van der Waals surface area contributed by atoms with Gasteiger partial charge in [-0.15, -0.1) is 0 Å². The van der Waals surface area contributed by atoms with E-state index in [1.165, 1.54) is 25.7 Å². The fourth-order valence-electron chi connectivity index (χ4n) is 3.87. The molecule has 0 aromatic rings. The summed E-state index contributed by atoms with van der Waals surface area (Å²) in [7, 11) is 2.28. The molecule has 15 heavy (non-hydrogen) atoms. The van der Waals surface area contributed by atoms with E-state index in [1.54, 1.807) is 0 Å². The monoisotopic (exact) mass is 210 g/mol. The first-order valence-electron chi connectivity index (χ1n) is 6.30. The van der Waals surface area contributed by atoms with E-state index in [0.717, 1.165) is 31.5 Å². The van der Waals surface area contributed by atoms with Gasteiger partial charge in [-0.2, -0.15) is 0 Å². The molecule has 0 unspecified atom stereocenters. The number of nitrogens with two attached hydrogens (primary N) is 1. The Balaban J connectivity index is 1.77. The molecular formula is C12H22N2O. The summed E-state index contributed by atoms with van der Waals surface area (Å²) in [5.74, 6) is 0. The smallest absolute Gasteiger partial charge is 0.0727 e. The van der Waals surface area contributed by atoms with E-state index in [1.807, 2.05) is 0 Å². The Kier molecular flexibility index (Phi) is 2.31. The average Bonchev–Trinajstić information content (AvgIpc) is 2.45. The second kappa shape index (κ2) is 3.44. The minimum absolute atomic E-state index is 0.149. The van der Waals surface area contributed by atoms with Crippen LogP contribution in [0.25, 0.3) is 0 Å². The van der Waals surface area contributed by atoms with Crippen LogP contribution in [0.2, 0.25) is 0 Å². The highest BCUT2D eigenvalue weighted by molar-refractivity contribution is 5.04. The predicted molar refractivity (Wildman–Crippen MR) is 59.7 cm³/mol. The van der Waals surface area contributed by atoms with Crippen LogP contribution in [0.15, 0.2) is 0 Å². The summed E-state index contributed by atoms with van der Waals surface area (Å²) < 4.78 is 6.10. The molecule has 3 aliphatic heterocycles. The summed E-state index contributed by atoms with van der Waals surface area (Å²) in [6, 6.07) is 1.89. The van der Waals surface area contributed by atoms with Gasteiger partial charge in [0.1, 0.15) is 0 Å². The molecule has 3 saturated heterocycles. The van der Waals surface area contributed by atoms with Crippen molar-refractivity contribution < 1.29 is 4.74 Å². The molecule has 3 heteroatoms. The van der Waals surface area contributed by atoms with Crippen LogP contribution in [0.1, 0.15) is 38.5 Å². The Morgan fingerprint density at radius 2 is 1.80 bits per heavy atom. The van der Waals surface area contributed by atoms with Gasteiger partial charge in [-0.05, 0) is 45.6 Å². The predicted octanol–water partition coefficient (Wildman–Crippen LogP) is 1.12. The third kappa shape index (κ3) is 1.61. The molecule has 3 rings (SSSR count). The molecule has 0 amide bonds. The Labute approximate surface area is 91.9 Å². The standard InChI is InChI=1S/C12H22N2O/c1-14-10-2-3-11(14)8-12(7-10)6-9(13)4-5-15-12/h9-11H,2-8,13H2,1H3/t9-,10+,11+/m1/s1. The van der Waals surface area contributed by atoms with Crippen LogP contribution in [-0.4, -0.2) is 42.3 Å². The van der Waals surface area contributed by atoms with Gasteiger partial charge in [0.2, 0.25) is 0 Å². The number of rotatable bonds is 0. The third-order valence-corrected chi connectivity index (χ3v) is 4.73. The second-order valence-electron chi connectivity index (χ2n) is 5.74. The van der Waals surface area contributed by atoms with Gasteiger partial charge >= 0.3 is 0 Å². The molecule has 3 aliphatic rings. The zero-order valence-electron chi connectivity index (χ0n) is 9.61. The van der Waals surface area contributed by atoms with Gasteiger partial charge in [0.25, 0.3) is 0 Å². The number of hydrogen-bond acceptors (Lipinski definition) is 3. The molecule has 0 aliphatic carbocycles. The minimum Gasteiger partial charge on any atom is -0.375 e. The molecule has 3 fully saturated rings. The summed E-state index contributed by atoms with van der Waals surface area (Å²) in [4.78, 5) is 2.56. The maximum Gasteiger partial charge on any atom is 0.0727 e.